The monoisotopic (exact) mass is 619 g/mol. The number of hydrogen-bond donors (Lipinski definition) is 2. The van der Waals surface area contributed by atoms with Gasteiger partial charge in [0.15, 0.2) is 11.0 Å². The largest absolute Gasteiger partial charge is 0.497 e. The Labute approximate surface area is 258 Å². The van der Waals surface area contributed by atoms with Crippen LogP contribution in [0, 0.1) is 6.92 Å². The van der Waals surface area contributed by atoms with Gasteiger partial charge in [-0.1, -0.05) is 23.9 Å². The number of aromatic nitrogens is 3. The summed E-state index contributed by atoms with van der Waals surface area (Å²) in [5.41, 5.74) is 3.80. The molecule has 2 amide bonds. The minimum atomic E-state index is -0.568. The van der Waals surface area contributed by atoms with E-state index in [1.807, 2.05) is 35.8 Å². The van der Waals surface area contributed by atoms with Crippen molar-refractivity contribution in [1.82, 2.24) is 20.1 Å². The third-order valence-electron chi connectivity index (χ3n) is 7.01. The molecule has 0 unspecified atom stereocenters. The molecule has 0 aliphatic heterocycles. The number of thioether (sulfide) groups is 1. The minimum Gasteiger partial charge on any atom is -0.497 e. The fraction of sp³-hybridized carbons (Fsp3) is 0.323. The molecular formula is C31H33N5O5S2. The molecule has 2 heterocycles. The van der Waals surface area contributed by atoms with E-state index >= 15 is 0 Å². The average Bonchev–Trinajstić information content (AvgIpc) is 3.70. The number of carbonyl (C=O) groups excluding carboxylic acids is 3. The van der Waals surface area contributed by atoms with Crippen LogP contribution < -0.4 is 15.4 Å². The van der Waals surface area contributed by atoms with Crippen LogP contribution in [-0.4, -0.2) is 51.5 Å². The Kier molecular flexibility index (Phi) is 9.46. The number of carbonyl (C=O) groups is 3. The van der Waals surface area contributed by atoms with E-state index in [0.717, 1.165) is 41.0 Å². The molecule has 0 saturated carbocycles. The minimum absolute atomic E-state index is 0.122. The van der Waals surface area contributed by atoms with Gasteiger partial charge < -0.3 is 20.1 Å². The van der Waals surface area contributed by atoms with E-state index in [-0.39, 0.29) is 25.0 Å². The molecule has 2 aromatic carbocycles. The number of ether oxygens (including phenoxy) is 2. The summed E-state index contributed by atoms with van der Waals surface area (Å²) in [6.45, 7) is 5.93. The van der Waals surface area contributed by atoms with Gasteiger partial charge in [0.1, 0.15) is 10.8 Å². The normalized spacial score (nSPS) is 12.8. The first kappa shape index (κ1) is 30.3. The van der Waals surface area contributed by atoms with Gasteiger partial charge in [0.25, 0.3) is 5.91 Å². The van der Waals surface area contributed by atoms with E-state index in [1.165, 1.54) is 23.1 Å². The molecule has 5 rings (SSSR count). The van der Waals surface area contributed by atoms with Crippen molar-refractivity contribution in [2.24, 2.45) is 0 Å². The van der Waals surface area contributed by atoms with Crippen molar-refractivity contribution in [1.29, 1.82) is 0 Å². The zero-order valence-corrected chi connectivity index (χ0v) is 26.1. The maximum absolute atomic E-state index is 13.4. The lowest BCUT2D eigenvalue weighted by molar-refractivity contribution is -0.115. The van der Waals surface area contributed by atoms with Crippen LogP contribution in [0.2, 0.25) is 0 Å². The molecule has 0 radical (unpaired) electrons. The van der Waals surface area contributed by atoms with Crippen molar-refractivity contribution < 1.29 is 23.9 Å². The zero-order chi connectivity index (χ0) is 30.5. The highest BCUT2D eigenvalue weighted by Gasteiger charge is 2.30. The number of rotatable bonds is 11. The van der Waals surface area contributed by atoms with E-state index < -0.39 is 11.2 Å². The van der Waals surface area contributed by atoms with Gasteiger partial charge in [-0.25, -0.2) is 4.79 Å². The zero-order valence-electron chi connectivity index (χ0n) is 24.4. The number of anilines is 1. The molecule has 1 aliphatic rings. The lowest BCUT2D eigenvalue weighted by Crippen LogP contribution is -2.25. The average molecular weight is 620 g/mol. The predicted molar refractivity (Wildman–Crippen MR) is 167 cm³/mol. The quantitative estimate of drug-likeness (QED) is 0.170. The highest BCUT2D eigenvalue weighted by atomic mass is 32.2. The van der Waals surface area contributed by atoms with Crippen LogP contribution >= 0.6 is 23.1 Å². The molecule has 4 aromatic rings. The number of fused-ring (bicyclic) bond motifs is 1. The maximum Gasteiger partial charge on any atom is 0.341 e. The molecule has 0 bridgehead atoms. The lowest BCUT2D eigenvalue weighted by Gasteiger charge is -2.15. The summed E-state index contributed by atoms with van der Waals surface area (Å²) in [4.78, 5) is 40.1. The Morgan fingerprint density at radius 2 is 1.91 bits per heavy atom. The summed E-state index contributed by atoms with van der Waals surface area (Å²) in [7, 11) is 1.57. The third-order valence-corrected chi connectivity index (χ3v) is 9.26. The number of esters is 1. The molecule has 12 heteroatoms. The Morgan fingerprint density at radius 3 is 2.63 bits per heavy atom. The fourth-order valence-electron chi connectivity index (χ4n) is 4.86. The number of amides is 2. The first-order chi connectivity index (χ1) is 20.8. The first-order valence-corrected chi connectivity index (χ1v) is 15.7. The number of benzene rings is 2. The standard InChI is InChI=1S/C31H33N5O5S2/c1-5-41-30(39)26-23-10-7-11-24(23)43-29(26)33-27(37)19(3)42-31-35-34-25(36(31)21-9-6-8-18(2)16-21)17-32-28(38)20-12-14-22(40-4)15-13-20/h6,8-9,12-16,19H,5,7,10-11,17H2,1-4H3,(H,32,38)(H,33,37)/t19-/m1/s1. The molecule has 0 fully saturated rings. The predicted octanol–water partition coefficient (Wildman–Crippen LogP) is 5.36. The summed E-state index contributed by atoms with van der Waals surface area (Å²) in [5.74, 6) is 0.253. The number of nitrogens with one attached hydrogen (secondary N) is 2. The van der Waals surface area contributed by atoms with Crippen molar-refractivity contribution in [2.45, 2.75) is 57.0 Å². The van der Waals surface area contributed by atoms with Crippen LogP contribution in [0.3, 0.4) is 0 Å². The van der Waals surface area contributed by atoms with Gasteiger partial charge in [0, 0.05) is 16.1 Å². The van der Waals surface area contributed by atoms with Gasteiger partial charge in [-0.3, -0.25) is 14.2 Å². The van der Waals surface area contributed by atoms with Crippen LogP contribution in [0.1, 0.15) is 62.8 Å². The van der Waals surface area contributed by atoms with E-state index in [4.69, 9.17) is 9.47 Å². The Balaban J connectivity index is 1.35. The van der Waals surface area contributed by atoms with Gasteiger partial charge in [-0.05, 0) is 87.6 Å². The second-order valence-corrected chi connectivity index (χ2v) is 12.4. The lowest BCUT2D eigenvalue weighted by atomic mass is 10.1. The summed E-state index contributed by atoms with van der Waals surface area (Å²) < 4.78 is 12.3. The second-order valence-electron chi connectivity index (χ2n) is 10.0. The van der Waals surface area contributed by atoms with Crippen molar-refractivity contribution in [2.75, 3.05) is 19.0 Å². The first-order valence-electron chi connectivity index (χ1n) is 14.0. The van der Waals surface area contributed by atoms with E-state index in [9.17, 15) is 14.4 Å². The highest BCUT2D eigenvalue weighted by molar-refractivity contribution is 8.00. The van der Waals surface area contributed by atoms with Crippen LogP contribution in [0.5, 0.6) is 5.75 Å². The number of nitrogens with zero attached hydrogens (tertiary/aromatic N) is 3. The third kappa shape index (κ3) is 6.75. The van der Waals surface area contributed by atoms with Gasteiger partial charge in [-0.15, -0.1) is 21.5 Å². The molecule has 2 aromatic heterocycles. The van der Waals surface area contributed by atoms with Crippen molar-refractivity contribution >= 4 is 45.9 Å². The second kappa shape index (κ2) is 13.4. The van der Waals surface area contributed by atoms with E-state index in [1.54, 1.807) is 45.2 Å². The molecular weight excluding hydrogens is 587 g/mol. The van der Waals surface area contributed by atoms with Crippen molar-refractivity contribution in [3.8, 4) is 11.4 Å². The van der Waals surface area contributed by atoms with E-state index in [2.05, 4.69) is 20.8 Å². The number of aryl methyl sites for hydroxylation is 2. The topological polar surface area (TPSA) is 124 Å². The molecule has 43 heavy (non-hydrogen) atoms. The number of thiophene rings is 1. The fourth-order valence-corrected chi connectivity index (χ4v) is 7.02. The molecule has 224 valence electrons. The molecule has 10 nitrogen and oxygen atoms in total. The van der Waals surface area contributed by atoms with Crippen molar-refractivity contribution in [3.63, 3.8) is 0 Å². The molecule has 0 spiro atoms. The SMILES string of the molecule is CCOC(=O)c1c(NC(=O)[C@@H](C)Sc2nnc(CNC(=O)c3ccc(OC)cc3)n2-c2cccc(C)c2)sc2c1CCC2. The van der Waals surface area contributed by atoms with Gasteiger partial charge in [0.2, 0.25) is 5.91 Å². The highest BCUT2D eigenvalue weighted by Crippen LogP contribution is 2.40. The molecule has 2 N–H and O–H groups in total. The molecule has 1 aliphatic carbocycles. The molecule has 0 saturated heterocycles. The van der Waals surface area contributed by atoms with Crippen LogP contribution in [0.4, 0.5) is 5.00 Å². The van der Waals surface area contributed by atoms with Crippen LogP contribution in [0.15, 0.2) is 53.7 Å². The number of hydrogen-bond acceptors (Lipinski definition) is 9. The number of methoxy groups -OCH3 is 1. The Hall–Kier alpha value is -4.16. The van der Waals surface area contributed by atoms with Gasteiger partial charge >= 0.3 is 5.97 Å². The summed E-state index contributed by atoms with van der Waals surface area (Å²) in [6.07, 6.45) is 2.69. The van der Waals surface area contributed by atoms with Crippen LogP contribution in [-0.2, 0) is 28.9 Å². The molecule has 1 atom stereocenters. The summed E-state index contributed by atoms with van der Waals surface area (Å²) >= 11 is 2.70. The van der Waals surface area contributed by atoms with Crippen molar-refractivity contribution in [3.05, 3.63) is 81.5 Å². The van der Waals surface area contributed by atoms with Crippen LogP contribution in [0.25, 0.3) is 5.69 Å². The summed E-state index contributed by atoms with van der Waals surface area (Å²) in [5, 5.41) is 15.1. The summed E-state index contributed by atoms with van der Waals surface area (Å²) in [6, 6.07) is 14.7. The van der Waals surface area contributed by atoms with Gasteiger partial charge in [0.05, 0.1) is 31.1 Å². The maximum atomic E-state index is 13.4. The Bertz CT molecular complexity index is 1650. The Morgan fingerprint density at radius 1 is 1.12 bits per heavy atom. The van der Waals surface area contributed by atoms with Gasteiger partial charge in [-0.2, -0.15) is 0 Å². The smallest absolute Gasteiger partial charge is 0.341 e. The van der Waals surface area contributed by atoms with E-state index in [0.29, 0.717) is 32.9 Å².